The second kappa shape index (κ2) is 4.05. The highest BCUT2D eigenvalue weighted by Gasteiger charge is 2.45. The lowest BCUT2D eigenvalue weighted by Crippen LogP contribution is -2.50. The second-order valence-corrected chi connectivity index (χ2v) is 5.50. The van der Waals surface area contributed by atoms with Gasteiger partial charge in [-0.1, -0.05) is 0 Å². The van der Waals surface area contributed by atoms with Crippen LogP contribution >= 0.6 is 0 Å². The number of carbonyl (C=O) groups is 2. The SMILES string of the molecule is CC(C)(C)OC(=O)N1[C@@H](C=O)OCC1(C)C. The van der Waals surface area contributed by atoms with Crippen LogP contribution in [-0.2, 0) is 14.3 Å². The number of hydrogen-bond acceptors (Lipinski definition) is 4. The van der Waals surface area contributed by atoms with Gasteiger partial charge in [0.1, 0.15) is 5.60 Å². The minimum absolute atomic E-state index is 0.329. The molecule has 5 nitrogen and oxygen atoms in total. The molecule has 1 heterocycles. The smallest absolute Gasteiger partial charge is 0.413 e. The lowest BCUT2D eigenvalue weighted by Gasteiger charge is -2.33. The van der Waals surface area contributed by atoms with Crippen molar-refractivity contribution in [2.45, 2.75) is 52.0 Å². The number of aldehydes is 1. The van der Waals surface area contributed by atoms with E-state index in [2.05, 4.69) is 0 Å². The van der Waals surface area contributed by atoms with E-state index in [9.17, 15) is 9.59 Å². The largest absolute Gasteiger partial charge is 0.444 e. The highest BCUT2D eigenvalue weighted by molar-refractivity contribution is 5.74. The lowest BCUT2D eigenvalue weighted by atomic mass is 10.1. The number of hydrogen-bond donors (Lipinski definition) is 0. The maximum atomic E-state index is 11.9. The van der Waals surface area contributed by atoms with E-state index < -0.39 is 23.5 Å². The molecule has 1 saturated heterocycles. The van der Waals surface area contributed by atoms with Gasteiger partial charge < -0.3 is 9.47 Å². The van der Waals surface area contributed by atoms with Crippen molar-refractivity contribution in [1.29, 1.82) is 0 Å². The Bertz CT molecular complexity index is 293. The summed E-state index contributed by atoms with van der Waals surface area (Å²) < 4.78 is 10.5. The van der Waals surface area contributed by atoms with Crippen LogP contribution in [0, 0.1) is 0 Å². The molecule has 1 aliphatic rings. The Hall–Kier alpha value is -1.10. The lowest BCUT2D eigenvalue weighted by molar-refractivity contribution is -0.121. The Balaban J connectivity index is 2.83. The number of rotatable bonds is 1. The van der Waals surface area contributed by atoms with Crippen molar-refractivity contribution in [1.82, 2.24) is 4.90 Å². The van der Waals surface area contributed by atoms with E-state index in [1.807, 2.05) is 13.8 Å². The number of nitrogens with zero attached hydrogens (tertiary/aromatic N) is 1. The van der Waals surface area contributed by atoms with Crippen molar-refractivity contribution >= 4 is 12.4 Å². The van der Waals surface area contributed by atoms with Gasteiger partial charge >= 0.3 is 6.09 Å². The molecule has 0 aromatic rings. The second-order valence-electron chi connectivity index (χ2n) is 5.50. The molecular weight excluding hydrogens is 210 g/mol. The average Bonchev–Trinajstić information content (AvgIpc) is 2.37. The minimum atomic E-state index is -0.843. The van der Waals surface area contributed by atoms with Crippen LogP contribution in [0.25, 0.3) is 0 Å². The molecule has 0 aliphatic carbocycles. The van der Waals surface area contributed by atoms with Crippen LogP contribution in [0.15, 0.2) is 0 Å². The van der Waals surface area contributed by atoms with E-state index >= 15 is 0 Å². The van der Waals surface area contributed by atoms with Crippen molar-refractivity contribution < 1.29 is 19.1 Å². The quantitative estimate of drug-likeness (QED) is 0.640. The van der Waals surface area contributed by atoms with Crippen molar-refractivity contribution in [2.75, 3.05) is 6.61 Å². The van der Waals surface area contributed by atoms with E-state index in [4.69, 9.17) is 9.47 Å². The average molecular weight is 229 g/mol. The minimum Gasteiger partial charge on any atom is -0.444 e. The molecule has 0 unspecified atom stereocenters. The van der Waals surface area contributed by atoms with Gasteiger partial charge in [0.15, 0.2) is 12.5 Å². The topological polar surface area (TPSA) is 55.8 Å². The third-order valence-electron chi connectivity index (χ3n) is 2.22. The van der Waals surface area contributed by atoms with Gasteiger partial charge in [0, 0.05) is 0 Å². The summed E-state index contributed by atoms with van der Waals surface area (Å²) in [6.07, 6.45) is -0.754. The summed E-state index contributed by atoms with van der Waals surface area (Å²) in [7, 11) is 0. The van der Waals surface area contributed by atoms with Gasteiger partial charge in [0.05, 0.1) is 12.1 Å². The summed E-state index contributed by atoms with van der Waals surface area (Å²) in [6.45, 7) is 9.34. The molecule has 5 heteroatoms. The third kappa shape index (κ3) is 2.72. The Kier molecular flexibility index (Phi) is 3.28. The Morgan fingerprint density at radius 2 is 2.06 bits per heavy atom. The molecule has 0 bridgehead atoms. The van der Waals surface area contributed by atoms with Crippen LogP contribution in [-0.4, -0.2) is 41.3 Å². The zero-order valence-corrected chi connectivity index (χ0v) is 10.4. The van der Waals surface area contributed by atoms with Crippen molar-refractivity contribution in [2.24, 2.45) is 0 Å². The van der Waals surface area contributed by atoms with Gasteiger partial charge in [-0.25, -0.2) is 4.79 Å². The Morgan fingerprint density at radius 1 is 1.50 bits per heavy atom. The van der Waals surface area contributed by atoms with Crippen LogP contribution in [0.3, 0.4) is 0 Å². The molecule has 0 spiro atoms. The molecule has 1 fully saturated rings. The Labute approximate surface area is 95.7 Å². The van der Waals surface area contributed by atoms with Crippen LogP contribution in [0.1, 0.15) is 34.6 Å². The molecule has 1 aliphatic heterocycles. The van der Waals surface area contributed by atoms with Crippen molar-refractivity contribution in [3.63, 3.8) is 0 Å². The fourth-order valence-electron chi connectivity index (χ4n) is 1.54. The first-order valence-electron chi connectivity index (χ1n) is 5.26. The van der Waals surface area contributed by atoms with E-state index in [0.717, 1.165) is 0 Å². The summed E-state index contributed by atoms with van der Waals surface area (Å²) in [4.78, 5) is 24.1. The summed E-state index contributed by atoms with van der Waals surface area (Å²) >= 11 is 0. The predicted molar refractivity (Wildman–Crippen MR) is 58.0 cm³/mol. The predicted octanol–water partition coefficient (Wildman–Crippen LogP) is 1.56. The fourth-order valence-corrected chi connectivity index (χ4v) is 1.54. The zero-order valence-electron chi connectivity index (χ0n) is 10.4. The third-order valence-corrected chi connectivity index (χ3v) is 2.22. The first kappa shape index (κ1) is 13.0. The first-order valence-corrected chi connectivity index (χ1v) is 5.26. The van der Waals surface area contributed by atoms with Crippen molar-refractivity contribution in [3.05, 3.63) is 0 Å². The van der Waals surface area contributed by atoms with Crippen LogP contribution < -0.4 is 0 Å². The number of ether oxygens (including phenoxy) is 2. The van der Waals surface area contributed by atoms with Gasteiger partial charge in [-0.05, 0) is 34.6 Å². The molecule has 92 valence electrons. The summed E-state index contributed by atoms with van der Waals surface area (Å²) in [5.41, 5.74) is -1.10. The van der Waals surface area contributed by atoms with E-state index in [0.29, 0.717) is 12.9 Å². The normalized spacial score (nSPS) is 24.3. The maximum absolute atomic E-state index is 11.9. The van der Waals surface area contributed by atoms with Crippen LogP contribution in [0.4, 0.5) is 4.79 Å². The van der Waals surface area contributed by atoms with Gasteiger partial charge in [-0.3, -0.25) is 9.69 Å². The first-order chi connectivity index (χ1) is 7.17. The highest BCUT2D eigenvalue weighted by atomic mass is 16.6. The molecule has 0 N–H and O–H groups in total. The van der Waals surface area contributed by atoms with Gasteiger partial charge in [0.25, 0.3) is 0 Å². The summed E-state index contributed by atoms with van der Waals surface area (Å²) in [5, 5.41) is 0. The highest BCUT2D eigenvalue weighted by Crippen LogP contribution is 2.27. The molecule has 1 rings (SSSR count). The fraction of sp³-hybridized carbons (Fsp3) is 0.818. The molecule has 0 aromatic heterocycles. The molecule has 1 atom stereocenters. The van der Waals surface area contributed by atoms with E-state index in [-0.39, 0.29) is 0 Å². The Morgan fingerprint density at radius 3 is 2.50 bits per heavy atom. The van der Waals surface area contributed by atoms with Crippen molar-refractivity contribution in [3.8, 4) is 0 Å². The molecule has 16 heavy (non-hydrogen) atoms. The maximum Gasteiger partial charge on any atom is 0.413 e. The molecule has 0 saturated carbocycles. The van der Waals surface area contributed by atoms with Gasteiger partial charge in [0.2, 0.25) is 0 Å². The van der Waals surface area contributed by atoms with E-state index in [1.54, 1.807) is 20.8 Å². The summed E-state index contributed by atoms with van der Waals surface area (Å²) in [6, 6.07) is 0. The van der Waals surface area contributed by atoms with Crippen LogP contribution in [0.5, 0.6) is 0 Å². The zero-order chi connectivity index (χ0) is 12.6. The number of carbonyl (C=O) groups excluding carboxylic acids is 2. The number of amides is 1. The molecule has 0 radical (unpaired) electrons. The molecule has 1 amide bonds. The van der Waals surface area contributed by atoms with E-state index in [1.165, 1.54) is 4.90 Å². The van der Waals surface area contributed by atoms with Gasteiger partial charge in [-0.2, -0.15) is 0 Å². The van der Waals surface area contributed by atoms with Crippen LogP contribution in [0.2, 0.25) is 0 Å². The molecule has 0 aromatic carbocycles. The standard InChI is InChI=1S/C11H19NO4/c1-10(2,3)16-9(14)12-8(6-13)15-7-11(12,4)5/h6,8H,7H2,1-5H3/t8-/m1/s1. The monoisotopic (exact) mass is 229 g/mol. The summed E-state index contributed by atoms with van der Waals surface area (Å²) in [5.74, 6) is 0. The molecular formula is C11H19NO4. The van der Waals surface area contributed by atoms with Gasteiger partial charge in [-0.15, -0.1) is 0 Å².